The Morgan fingerprint density at radius 1 is 1.13 bits per heavy atom. The highest BCUT2D eigenvalue weighted by atomic mass is 32.2. The molecule has 3 rings (SSSR count). The monoisotopic (exact) mass is 343 g/mol. The largest absolute Gasteiger partial charge is 0.477 e. The van der Waals surface area contributed by atoms with Crippen LogP contribution in [0.3, 0.4) is 0 Å². The molecule has 0 bridgehead atoms. The average molecular weight is 343 g/mol. The number of amides is 2. The van der Waals surface area contributed by atoms with Crippen molar-refractivity contribution in [3.63, 3.8) is 0 Å². The molecule has 2 N–H and O–H groups in total. The number of carbonyl (C=O) groups excluding carboxylic acids is 1. The second kappa shape index (κ2) is 6.75. The molecule has 128 valence electrons. The molecule has 0 atom stereocenters. The molecule has 0 aromatic carbocycles. The maximum absolute atomic E-state index is 12.4. The third kappa shape index (κ3) is 3.75. The van der Waals surface area contributed by atoms with E-state index in [1.165, 1.54) is 10.9 Å². The van der Waals surface area contributed by atoms with Crippen LogP contribution in [0.4, 0.5) is 4.79 Å². The number of nitrogens with zero attached hydrogens (tertiary/aromatic N) is 3. The Bertz CT molecular complexity index is 664. The number of nitrogens with one attached hydrogen (secondary N) is 2. The summed E-state index contributed by atoms with van der Waals surface area (Å²) in [6.07, 6.45) is 6.20. The summed E-state index contributed by atoms with van der Waals surface area (Å²) in [6.45, 7) is 2.48. The van der Waals surface area contributed by atoms with Gasteiger partial charge in [0.2, 0.25) is 5.88 Å². The highest BCUT2D eigenvalue weighted by Crippen LogP contribution is 2.26. The van der Waals surface area contributed by atoms with Crippen molar-refractivity contribution in [3.8, 4) is 5.88 Å². The van der Waals surface area contributed by atoms with Gasteiger partial charge in [-0.3, -0.25) is 5.43 Å². The molecule has 9 nitrogen and oxygen atoms in total. The van der Waals surface area contributed by atoms with Crippen LogP contribution in [0.15, 0.2) is 11.1 Å². The Hall–Kier alpha value is -1.81. The zero-order chi connectivity index (χ0) is 16.3. The summed E-state index contributed by atoms with van der Waals surface area (Å²) in [5, 5.41) is 5.74. The van der Waals surface area contributed by atoms with Gasteiger partial charge in [-0.25, -0.2) is 27.6 Å². The molecule has 2 aliphatic rings. The first-order valence-electron chi connectivity index (χ1n) is 7.83. The minimum absolute atomic E-state index is 0.108. The van der Waals surface area contributed by atoms with Crippen molar-refractivity contribution < 1.29 is 17.9 Å². The first kappa shape index (κ1) is 16.1. The molecule has 0 spiro atoms. The van der Waals surface area contributed by atoms with Gasteiger partial charge in [-0.2, -0.15) is 5.10 Å². The fourth-order valence-corrected chi connectivity index (χ4v) is 3.74. The van der Waals surface area contributed by atoms with Gasteiger partial charge in [0.05, 0.1) is 12.8 Å². The molecule has 1 saturated heterocycles. The van der Waals surface area contributed by atoms with Crippen molar-refractivity contribution in [1.82, 2.24) is 24.9 Å². The van der Waals surface area contributed by atoms with Crippen molar-refractivity contribution in [2.75, 3.05) is 19.7 Å². The van der Waals surface area contributed by atoms with Crippen LogP contribution in [0.1, 0.15) is 32.1 Å². The smallest absolute Gasteiger partial charge is 0.343 e. The van der Waals surface area contributed by atoms with Crippen molar-refractivity contribution in [2.24, 2.45) is 0 Å². The van der Waals surface area contributed by atoms with E-state index >= 15 is 0 Å². The zero-order valence-corrected chi connectivity index (χ0v) is 13.6. The van der Waals surface area contributed by atoms with Gasteiger partial charge in [0.15, 0.2) is 4.90 Å². The molecule has 1 aromatic rings. The van der Waals surface area contributed by atoms with Crippen LogP contribution in [0.25, 0.3) is 0 Å². The normalized spacial score (nSPS) is 19.3. The van der Waals surface area contributed by atoms with E-state index in [9.17, 15) is 13.2 Å². The molecule has 2 amide bonds. The predicted molar refractivity (Wildman–Crippen MR) is 81.2 cm³/mol. The summed E-state index contributed by atoms with van der Waals surface area (Å²) >= 11 is 0. The molecular weight excluding hydrogens is 322 g/mol. The summed E-state index contributed by atoms with van der Waals surface area (Å²) in [5.41, 5.74) is 2.59. The van der Waals surface area contributed by atoms with Crippen LogP contribution in [-0.4, -0.2) is 48.9 Å². The summed E-state index contributed by atoms with van der Waals surface area (Å²) in [5.74, 6) is 0.186. The van der Waals surface area contributed by atoms with Gasteiger partial charge in [0.1, 0.15) is 0 Å². The number of hydrazine groups is 1. The zero-order valence-electron chi connectivity index (χ0n) is 12.8. The number of hydrogen-bond donors (Lipinski definition) is 2. The number of urea groups is 1. The lowest BCUT2D eigenvalue weighted by Crippen LogP contribution is -2.49. The number of sulfonamides is 1. The van der Waals surface area contributed by atoms with E-state index in [2.05, 4.69) is 10.5 Å². The molecule has 0 saturated carbocycles. The van der Waals surface area contributed by atoms with E-state index in [0.717, 1.165) is 45.2 Å². The fraction of sp³-hybridized carbons (Fsp3) is 0.692. The molecule has 1 fully saturated rings. The molecule has 0 unspecified atom stereocenters. The van der Waals surface area contributed by atoms with Crippen molar-refractivity contribution >= 4 is 16.1 Å². The second-order valence-corrected chi connectivity index (χ2v) is 7.34. The second-order valence-electron chi connectivity index (χ2n) is 5.69. The molecule has 0 radical (unpaired) electrons. The van der Waals surface area contributed by atoms with Crippen molar-refractivity contribution in [1.29, 1.82) is 0 Å². The lowest BCUT2D eigenvalue weighted by Gasteiger charge is -2.21. The van der Waals surface area contributed by atoms with Crippen LogP contribution < -0.4 is 14.9 Å². The van der Waals surface area contributed by atoms with Gasteiger partial charge in [-0.15, -0.1) is 0 Å². The van der Waals surface area contributed by atoms with Gasteiger partial charge in [0, 0.05) is 26.1 Å². The van der Waals surface area contributed by atoms with E-state index in [0.29, 0.717) is 13.2 Å². The van der Waals surface area contributed by atoms with Gasteiger partial charge < -0.3 is 4.74 Å². The van der Waals surface area contributed by atoms with Gasteiger partial charge in [-0.1, -0.05) is 12.8 Å². The van der Waals surface area contributed by atoms with E-state index in [4.69, 9.17) is 4.74 Å². The van der Waals surface area contributed by atoms with Crippen molar-refractivity contribution in [2.45, 2.75) is 43.5 Å². The highest BCUT2D eigenvalue weighted by molar-refractivity contribution is 7.90. The average Bonchev–Trinajstić information content (AvgIpc) is 2.79. The maximum atomic E-state index is 12.4. The number of ether oxygens (including phenoxy) is 1. The van der Waals surface area contributed by atoms with Gasteiger partial charge in [0.25, 0.3) is 10.0 Å². The summed E-state index contributed by atoms with van der Waals surface area (Å²) < 4.78 is 33.6. The van der Waals surface area contributed by atoms with E-state index in [-0.39, 0.29) is 10.8 Å². The fourth-order valence-electron chi connectivity index (χ4n) is 2.76. The maximum Gasteiger partial charge on any atom is 0.343 e. The first-order valence-corrected chi connectivity index (χ1v) is 9.31. The topological polar surface area (TPSA) is 106 Å². The number of aryl methyl sites for hydroxylation is 1. The van der Waals surface area contributed by atoms with Crippen LogP contribution in [0, 0.1) is 0 Å². The predicted octanol–water partition coefficient (Wildman–Crippen LogP) is 0.444. The van der Waals surface area contributed by atoms with Crippen LogP contribution >= 0.6 is 0 Å². The number of fused-ring (bicyclic) bond motifs is 1. The Kier molecular flexibility index (Phi) is 4.71. The number of carbonyl (C=O) groups is 1. The number of rotatable bonds is 3. The first-order chi connectivity index (χ1) is 11.1. The van der Waals surface area contributed by atoms with Gasteiger partial charge >= 0.3 is 6.03 Å². The minimum atomic E-state index is -4.01. The molecule has 10 heteroatoms. The Morgan fingerprint density at radius 2 is 1.87 bits per heavy atom. The standard InChI is InChI=1S/C13H21N5O4S/c19-13(15-17-6-3-1-2-4-7-17)16-23(20,21)11-10-14-18-8-5-9-22-12(11)18/h10H,1-9H2,(H2,15,16,19). The molecule has 0 aliphatic carbocycles. The lowest BCUT2D eigenvalue weighted by atomic mass is 10.2. The quantitative estimate of drug-likeness (QED) is 0.825. The van der Waals surface area contributed by atoms with E-state index < -0.39 is 16.1 Å². The lowest BCUT2D eigenvalue weighted by molar-refractivity contribution is 0.184. The third-order valence-corrected chi connectivity index (χ3v) is 5.21. The Morgan fingerprint density at radius 3 is 2.61 bits per heavy atom. The molecular formula is C13H21N5O4S. The summed E-state index contributed by atoms with van der Waals surface area (Å²) in [7, 11) is -4.01. The Labute approximate surface area is 135 Å². The van der Waals surface area contributed by atoms with E-state index in [1.54, 1.807) is 5.01 Å². The highest BCUT2D eigenvalue weighted by Gasteiger charge is 2.28. The minimum Gasteiger partial charge on any atom is -0.477 e. The van der Waals surface area contributed by atoms with Crippen LogP contribution in [0.2, 0.25) is 0 Å². The van der Waals surface area contributed by atoms with Crippen LogP contribution in [0.5, 0.6) is 5.88 Å². The van der Waals surface area contributed by atoms with Crippen LogP contribution in [-0.2, 0) is 16.6 Å². The SMILES string of the molecule is O=C(NN1CCCCCC1)NS(=O)(=O)c1cnn2c1OCCC2. The van der Waals surface area contributed by atoms with Crippen molar-refractivity contribution in [3.05, 3.63) is 6.20 Å². The van der Waals surface area contributed by atoms with E-state index in [1.807, 2.05) is 4.72 Å². The number of aromatic nitrogens is 2. The number of hydrogen-bond acceptors (Lipinski definition) is 6. The molecule has 1 aromatic heterocycles. The molecule has 2 aliphatic heterocycles. The Balaban J connectivity index is 1.66. The molecule has 3 heterocycles. The third-order valence-electron chi connectivity index (χ3n) is 3.89. The summed E-state index contributed by atoms with van der Waals surface area (Å²) in [4.78, 5) is 11.9. The summed E-state index contributed by atoms with van der Waals surface area (Å²) in [6, 6.07) is -0.761. The van der Waals surface area contributed by atoms with Gasteiger partial charge in [-0.05, 0) is 12.8 Å². The molecule has 23 heavy (non-hydrogen) atoms.